The van der Waals surface area contributed by atoms with E-state index in [0.29, 0.717) is 45.3 Å². The molecule has 0 spiro atoms. The topological polar surface area (TPSA) is 116 Å². The van der Waals surface area contributed by atoms with Crippen LogP contribution < -0.4 is 24.5 Å². The Morgan fingerprint density at radius 2 is 1.56 bits per heavy atom. The molecular formula is C23H21N3O6. The Labute approximate surface area is 182 Å². The number of hydrogen-bond donors (Lipinski definition) is 2. The van der Waals surface area contributed by atoms with Gasteiger partial charge in [0.2, 0.25) is 11.5 Å². The number of carbonyl (C=O) groups excluding carboxylic acids is 1. The van der Waals surface area contributed by atoms with Crippen LogP contribution in [0.1, 0.15) is 16.1 Å². The van der Waals surface area contributed by atoms with Crippen LogP contribution in [0.2, 0.25) is 0 Å². The molecule has 0 fully saturated rings. The molecule has 0 saturated carbocycles. The molecule has 4 aromatic rings. The van der Waals surface area contributed by atoms with Gasteiger partial charge in [0, 0.05) is 11.1 Å². The van der Waals surface area contributed by atoms with Crippen molar-refractivity contribution < 1.29 is 23.7 Å². The number of ether oxygens (including phenoxy) is 4. The normalized spacial score (nSPS) is 10.8. The van der Waals surface area contributed by atoms with E-state index in [1.54, 1.807) is 43.5 Å². The highest BCUT2D eigenvalue weighted by atomic mass is 16.5. The van der Waals surface area contributed by atoms with Crippen molar-refractivity contribution in [1.29, 1.82) is 0 Å². The zero-order valence-corrected chi connectivity index (χ0v) is 17.9. The number of H-pyrrole nitrogens is 2. The summed E-state index contributed by atoms with van der Waals surface area (Å²) in [4.78, 5) is 35.9. The van der Waals surface area contributed by atoms with Crippen LogP contribution in [0.3, 0.4) is 0 Å². The van der Waals surface area contributed by atoms with Gasteiger partial charge in [-0.15, -0.1) is 0 Å². The highest BCUT2D eigenvalue weighted by Gasteiger charge is 2.25. The third-order valence-corrected chi connectivity index (χ3v) is 5.14. The average Bonchev–Trinajstić information content (AvgIpc) is 3.23. The lowest BCUT2D eigenvalue weighted by Crippen LogP contribution is -2.07. The van der Waals surface area contributed by atoms with Gasteiger partial charge in [0.25, 0.3) is 5.56 Å². The first-order chi connectivity index (χ1) is 15.5. The molecule has 0 saturated heterocycles. The van der Waals surface area contributed by atoms with Crippen molar-refractivity contribution in [2.24, 2.45) is 0 Å². The van der Waals surface area contributed by atoms with E-state index in [0.717, 1.165) is 0 Å². The SMILES string of the molecule is COc1ccc(C(=O)c2[nH]c3[nH]cnc(=O)c3c2-c2cc(OC)c(OC)c(OC)c2)cc1. The number of methoxy groups -OCH3 is 4. The summed E-state index contributed by atoms with van der Waals surface area (Å²) in [7, 11) is 6.04. The second kappa shape index (κ2) is 8.46. The molecule has 0 aliphatic heterocycles. The molecule has 9 nitrogen and oxygen atoms in total. The minimum Gasteiger partial charge on any atom is -0.497 e. The molecule has 2 heterocycles. The highest BCUT2D eigenvalue weighted by Crippen LogP contribution is 2.43. The molecule has 9 heteroatoms. The zero-order chi connectivity index (χ0) is 22.8. The van der Waals surface area contributed by atoms with Crippen molar-refractivity contribution in [3.8, 4) is 34.1 Å². The summed E-state index contributed by atoms with van der Waals surface area (Å²) in [6.07, 6.45) is 1.28. The summed E-state index contributed by atoms with van der Waals surface area (Å²) in [6, 6.07) is 10.1. The van der Waals surface area contributed by atoms with Crippen LogP contribution in [0.4, 0.5) is 0 Å². The predicted molar refractivity (Wildman–Crippen MR) is 118 cm³/mol. The Hall–Kier alpha value is -4.27. The van der Waals surface area contributed by atoms with Crippen LogP contribution in [0.5, 0.6) is 23.0 Å². The Bertz CT molecular complexity index is 1330. The lowest BCUT2D eigenvalue weighted by Gasteiger charge is -2.14. The van der Waals surface area contributed by atoms with Gasteiger partial charge < -0.3 is 28.9 Å². The number of ketones is 1. The molecule has 0 aliphatic carbocycles. The van der Waals surface area contributed by atoms with Crippen LogP contribution in [0, 0.1) is 0 Å². The van der Waals surface area contributed by atoms with Gasteiger partial charge in [0.05, 0.1) is 45.8 Å². The molecule has 4 rings (SSSR count). The summed E-state index contributed by atoms with van der Waals surface area (Å²) in [6.45, 7) is 0. The Balaban J connectivity index is 2.00. The average molecular weight is 435 g/mol. The number of hydrogen-bond acceptors (Lipinski definition) is 7. The first-order valence-electron chi connectivity index (χ1n) is 9.60. The smallest absolute Gasteiger partial charge is 0.282 e. The number of aromatic amines is 2. The molecule has 0 unspecified atom stereocenters. The number of fused-ring (bicyclic) bond motifs is 1. The lowest BCUT2D eigenvalue weighted by atomic mass is 9.97. The van der Waals surface area contributed by atoms with E-state index in [9.17, 15) is 9.59 Å². The Morgan fingerprint density at radius 3 is 2.12 bits per heavy atom. The van der Waals surface area contributed by atoms with Gasteiger partial charge in [0.1, 0.15) is 11.4 Å². The maximum atomic E-state index is 13.5. The standard InChI is InChI=1S/C23H21N3O6/c1-29-14-7-5-12(6-8-14)20(27)19-17(18-22(26-19)24-11-25-23(18)28)13-9-15(30-2)21(32-4)16(10-13)31-3/h5-11H,1-4H3,(H2,24,25,26,28). The lowest BCUT2D eigenvalue weighted by molar-refractivity contribution is 0.103. The van der Waals surface area contributed by atoms with Crippen LogP contribution in [-0.4, -0.2) is 49.2 Å². The van der Waals surface area contributed by atoms with Crippen molar-refractivity contribution >= 4 is 16.8 Å². The largest absolute Gasteiger partial charge is 0.497 e. The molecular weight excluding hydrogens is 414 g/mol. The van der Waals surface area contributed by atoms with E-state index in [1.807, 2.05) is 0 Å². The number of nitrogens with zero attached hydrogens (tertiary/aromatic N) is 1. The second-order valence-corrected chi connectivity index (χ2v) is 6.80. The van der Waals surface area contributed by atoms with Gasteiger partial charge in [-0.25, -0.2) is 0 Å². The van der Waals surface area contributed by atoms with Gasteiger partial charge in [-0.3, -0.25) is 9.59 Å². The number of aromatic nitrogens is 3. The van der Waals surface area contributed by atoms with E-state index in [1.165, 1.54) is 27.7 Å². The summed E-state index contributed by atoms with van der Waals surface area (Å²) in [5, 5.41) is 0.249. The fourth-order valence-electron chi connectivity index (χ4n) is 3.61. The fraction of sp³-hybridized carbons (Fsp3) is 0.174. The third-order valence-electron chi connectivity index (χ3n) is 5.14. The van der Waals surface area contributed by atoms with Crippen LogP contribution >= 0.6 is 0 Å². The molecule has 0 amide bonds. The second-order valence-electron chi connectivity index (χ2n) is 6.80. The monoisotopic (exact) mass is 435 g/mol. The summed E-state index contributed by atoms with van der Waals surface area (Å²) >= 11 is 0. The number of benzene rings is 2. The molecule has 32 heavy (non-hydrogen) atoms. The van der Waals surface area contributed by atoms with Gasteiger partial charge in [-0.2, -0.15) is 4.98 Å². The summed E-state index contributed by atoms with van der Waals surface area (Å²) in [5.74, 6) is 1.50. The van der Waals surface area contributed by atoms with Crippen molar-refractivity contribution in [2.75, 3.05) is 28.4 Å². The number of carbonyl (C=O) groups is 1. The first kappa shape index (κ1) is 21.0. The summed E-state index contributed by atoms with van der Waals surface area (Å²) in [5.41, 5.74) is 1.46. The Morgan fingerprint density at radius 1 is 0.906 bits per heavy atom. The molecule has 2 aromatic carbocycles. The van der Waals surface area contributed by atoms with Gasteiger partial charge in [0.15, 0.2) is 11.5 Å². The van der Waals surface area contributed by atoms with E-state index >= 15 is 0 Å². The molecule has 0 radical (unpaired) electrons. The third kappa shape index (κ3) is 3.43. The molecule has 0 aliphatic rings. The van der Waals surface area contributed by atoms with Crippen LogP contribution in [0.15, 0.2) is 47.5 Å². The maximum Gasteiger partial charge on any atom is 0.282 e. The van der Waals surface area contributed by atoms with E-state index < -0.39 is 5.56 Å². The van der Waals surface area contributed by atoms with Crippen molar-refractivity contribution in [3.05, 3.63) is 64.3 Å². The molecule has 0 atom stereocenters. The van der Waals surface area contributed by atoms with Gasteiger partial charge in [-0.1, -0.05) is 0 Å². The quantitative estimate of drug-likeness (QED) is 0.428. The summed E-state index contributed by atoms with van der Waals surface area (Å²) < 4.78 is 21.5. The number of nitrogens with one attached hydrogen (secondary N) is 2. The maximum absolute atomic E-state index is 13.5. The van der Waals surface area contributed by atoms with Crippen molar-refractivity contribution in [2.45, 2.75) is 0 Å². The number of rotatable bonds is 7. The molecule has 164 valence electrons. The fourth-order valence-corrected chi connectivity index (χ4v) is 3.61. The zero-order valence-electron chi connectivity index (χ0n) is 17.9. The predicted octanol–water partition coefficient (Wildman–Crippen LogP) is 3.18. The van der Waals surface area contributed by atoms with Gasteiger partial charge >= 0.3 is 0 Å². The van der Waals surface area contributed by atoms with Crippen molar-refractivity contribution in [1.82, 2.24) is 15.0 Å². The molecule has 2 N–H and O–H groups in total. The van der Waals surface area contributed by atoms with E-state index in [-0.39, 0.29) is 16.9 Å². The van der Waals surface area contributed by atoms with Gasteiger partial charge in [-0.05, 0) is 42.0 Å². The van der Waals surface area contributed by atoms with E-state index in [4.69, 9.17) is 18.9 Å². The highest BCUT2D eigenvalue weighted by molar-refractivity contribution is 6.16. The van der Waals surface area contributed by atoms with Crippen LogP contribution in [0.25, 0.3) is 22.2 Å². The van der Waals surface area contributed by atoms with E-state index in [2.05, 4.69) is 15.0 Å². The minimum atomic E-state index is -0.479. The van der Waals surface area contributed by atoms with Crippen molar-refractivity contribution in [3.63, 3.8) is 0 Å². The molecule has 0 bridgehead atoms. The Kier molecular flexibility index (Phi) is 5.55. The molecule has 2 aromatic heterocycles. The minimum absolute atomic E-state index is 0.223. The van der Waals surface area contributed by atoms with Crippen LogP contribution in [-0.2, 0) is 0 Å². The first-order valence-corrected chi connectivity index (χ1v) is 9.60.